The molecule has 1 amide bonds. The molecule has 29 heavy (non-hydrogen) atoms. The van der Waals surface area contributed by atoms with Crippen LogP contribution in [-0.4, -0.2) is 31.7 Å². The summed E-state index contributed by atoms with van der Waals surface area (Å²) >= 11 is 0. The predicted molar refractivity (Wildman–Crippen MR) is 115 cm³/mol. The Bertz CT molecular complexity index is 1040. The van der Waals surface area contributed by atoms with Gasteiger partial charge < -0.3 is 19.8 Å². The highest BCUT2D eigenvalue weighted by atomic mass is 16.5. The maximum atomic E-state index is 12.9. The van der Waals surface area contributed by atoms with E-state index in [0.29, 0.717) is 24.0 Å². The van der Waals surface area contributed by atoms with Gasteiger partial charge in [0.05, 0.1) is 25.3 Å². The molecule has 0 saturated heterocycles. The Hall–Kier alpha value is -2.95. The van der Waals surface area contributed by atoms with Gasteiger partial charge in [0, 0.05) is 17.6 Å². The van der Waals surface area contributed by atoms with Gasteiger partial charge in [0.1, 0.15) is 0 Å². The number of aromatic amines is 1. The van der Waals surface area contributed by atoms with Crippen LogP contribution in [0.5, 0.6) is 11.5 Å². The average Bonchev–Trinajstić information content (AvgIpc) is 3.11. The molecule has 0 fully saturated rings. The molecule has 1 atom stereocenters. The van der Waals surface area contributed by atoms with Gasteiger partial charge in [0.25, 0.3) is 5.91 Å². The van der Waals surface area contributed by atoms with Crippen LogP contribution in [0.25, 0.3) is 10.9 Å². The average molecular weight is 392 g/mol. The van der Waals surface area contributed by atoms with Crippen LogP contribution in [0.3, 0.4) is 0 Å². The lowest BCUT2D eigenvalue weighted by molar-refractivity contribution is 0.0955. The van der Waals surface area contributed by atoms with Gasteiger partial charge in [-0.15, -0.1) is 0 Å². The monoisotopic (exact) mass is 392 g/mol. The van der Waals surface area contributed by atoms with Crippen LogP contribution >= 0.6 is 0 Å². The smallest absolute Gasteiger partial charge is 0.253 e. The zero-order valence-corrected chi connectivity index (χ0v) is 17.3. The highest BCUT2D eigenvalue weighted by molar-refractivity contribution is 6.06. The summed E-state index contributed by atoms with van der Waals surface area (Å²) in [6.07, 6.45) is 4.07. The zero-order valence-electron chi connectivity index (χ0n) is 17.3. The van der Waals surface area contributed by atoms with Gasteiger partial charge in [-0.25, -0.2) is 0 Å². The van der Waals surface area contributed by atoms with Crippen molar-refractivity contribution in [2.24, 2.45) is 5.92 Å². The normalized spacial score (nSPS) is 15.8. The van der Waals surface area contributed by atoms with Crippen molar-refractivity contribution in [3.63, 3.8) is 0 Å². The molecule has 0 saturated carbocycles. The van der Waals surface area contributed by atoms with E-state index in [4.69, 9.17) is 9.47 Å². The SMILES string of the molecule is COc1ccc(CCNC(=O)c2cccc3c4c([nH]c23)CC[C@H](C)C4)cc1OC. The lowest BCUT2D eigenvalue weighted by Gasteiger charge is -2.17. The number of amides is 1. The first kappa shape index (κ1) is 19.4. The summed E-state index contributed by atoms with van der Waals surface area (Å²) in [6.45, 7) is 2.86. The van der Waals surface area contributed by atoms with Gasteiger partial charge in [-0.1, -0.05) is 25.1 Å². The number of para-hydroxylation sites is 1. The fourth-order valence-electron chi connectivity index (χ4n) is 4.26. The molecule has 1 aromatic heterocycles. The molecule has 152 valence electrons. The van der Waals surface area contributed by atoms with E-state index in [9.17, 15) is 4.79 Å². The number of carbonyl (C=O) groups is 1. The second-order valence-electron chi connectivity index (χ2n) is 7.85. The third kappa shape index (κ3) is 3.82. The molecule has 2 aromatic carbocycles. The molecule has 4 rings (SSSR count). The molecule has 5 heteroatoms. The Morgan fingerprint density at radius 1 is 1.17 bits per heavy atom. The number of methoxy groups -OCH3 is 2. The minimum Gasteiger partial charge on any atom is -0.493 e. The van der Waals surface area contributed by atoms with Crippen LogP contribution in [0, 0.1) is 5.92 Å². The summed E-state index contributed by atoms with van der Waals surface area (Å²) in [7, 11) is 3.25. The van der Waals surface area contributed by atoms with E-state index < -0.39 is 0 Å². The van der Waals surface area contributed by atoms with Crippen molar-refractivity contribution in [2.45, 2.75) is 32.6 Å². The van der Waals surface area contributed by atoms with E-state index in [0.717, 1.165) is 35.9 Å². The second-order valence-corrected chi connectivity index (χ2v) is 7.85. The number of ether oxygens (including phenoxy) is 2. The number of carbonyl (C=O) groups excluding carboxylic acids is 1. The summed E-state index contributed by atoms with van der Waals surface area (Å²) in [4.78, 5) is 16.4. The minimum atomic E-state index is -0.0391. The maximum Gasteiger partial charge on any atom is 0.253 e. The number of benzene rings is 2. The number of hydrogen-bond donors (Lipinski definition) is 2. The van der Waals surface area contributed by atoms with Crippen LogP contribution < -0.4 is 14.8 Å². The Kier molecular flexibility index (Phi) is 5.47. The number of aryl methyl sites for hydroxylation is 1. The van der Waals surface area contributed by atoms with Crippen LogP contribution in [0.4, 0.5) is 0 Å². The maximum absolute atomic E-state index is 12.9. The van der Waals surface area contributed by atoms with Crippen LogP contribution in [0.15, 0.2) is 36.4 Å². The molecule has 1 heterocycles. The van der Waals surface area contributed by atoms with Crippen LogP contribution in [-0.2, 0) is 19.3 Å². The van der Waals surface area contributed by atoms with Gasteiger partial charge in [0.2, 0.25) is 0 Å². The van der Waals surface area contributed by atoms with Gasteiger partial charge >= 0.3 is 0 Å². The lowest BCUT2D eigenvalue weighted by Crippen LogP contribution is -2.26. The highest BCUT2D eigenvalue weighted by Crippen LogP contribution is 2.33. The number of aromatic nitrogens is 1. The number of hydrogen-bond acceptors (Lipinski definition) is 3. The molecule has 5 nitrogen and oxygen atoms in total. The first-order valence-corrected chi connectivity index (χ1v) is 10.2. The molecule has 0 radical (unpaired) electrons. The van der Waals surface area contributed by atoms with Gasteiger partial charge in [-0.05, 0) is 60.9 Å². The molecule has 1 aliphatic carbocycles. The largest absolute Gasteiger partial charge is 0.493 e. The predicted octanol–water partition coefficient (Wildman–Crippen LogP) is 4.28. The summed E-state index contributed by atoms with van der Waals surface area (Å²) in [5, 5.41) is 4.26. The summed E-state index contributed by atoms with van der Waals surface area (Å²) in [5.74, 6) is 2.06. The number of nitrogens with one attached hydrogen (secondary N) is 2. The van der Waals surface area contributed by atoms with E-state index in [1.807, 2.05) is 30.3 Å². The van der Waals surface area contributed by atoms with Crippen molar-refractivity contribution in [1.29, 1.82) is 0 Å². The number of H-pyrrole nitrogens is 1. The molecule has 0 aliphatic heterocycles. The van der Waals surface area contributed by atoms with Crippen LogP contribution in [0.2, 0.25) is 0 Å². The first-order chi connectivity index (χ1) is 14.1. The molecule has 0 spiro atoms. The molecular formula is C24H28N2O3. The van der Waals surface area contributed by atoms with Gasteiger partial charge in [0.15, 0.2) is 11.5 Å². The zero-order chi connectivity index (χ0) is 20.4. The van der Waals surface area contributed by atoms with E-state index in [1.54, 1.807) is 14.2 Å². The van der Waals surface area contributed by atoms with Crippen LogP contribution in [0.1, 0.15) is 40.5 Å². The van der Waals surface area contributed by atoms with E-state index in [2.05, 4.69) is 23.3 Å². The van der Waals surface area contributed by atoms with Crippen molar-refractivity contribution in [2.75, 3.05) is 20.8 Å². The molecular weight excluding hydrogens is 364 g/mol. The van der Waals surface area contributed by atoms with Crippen molar-refractivity contribution in [1.82, 2.24) is 10.3 Å². The molecule has 1 aliphatic rings. The number of fused-ring (bicyclic) bond motifs is 3. The number of rotatable bonds is 6. The molecule has 2 N–H and O–H groups in total. The van der Waals surface area contributed by atoms with E-state index >= 15 is 0 Å². The molecule has 0 bridgehead atoms. The summed E-state index contributed by atoms with van der Waals surface area (Å²) in [6, 6.07) is 11.9. The second kappa shape index (κ2) is 8.19. The Morgan fingerprint density at radius 3 is 2.79 bits per heavy atom. The van der Waals surface area contributed by atoms with E-state index in [-0.39, 0.29) is 5.91 Å². The third-order valence-electron chi connectivity index (χ3n) is 5.86. The fraction of sp³-hybridized carbons (Fsp3) is 0.375. The standard InChI is InChI=1S/C24H28N2O3/c1-15-7-9-20-19(13-15)17-5-4-6-18(23(17)26-20)24(27)25-12-11-16-8-10-21(28-2)22(14-16)29-3/h4-6,8,10,14-15,26H,7,9,11-13H2,1-3H3,(H,25,27)/t15-/m0/s1. The topological polar surface area (TPSA) is 63.3 Å². The van der Waals surface area contributed by atoms with Crippen molar-refractivity contribution >= 4 is 16.8 Å². The molecule has 3 aromatic rings. The van der Waals surface area contributed by atoms with Gasteiger partial charge in [-0.3, -0.25) is 4.79 Å². The Balaban J connectivity index is 1.47. The summed E-state index contributed by atoms with van der Waals surface area (Å²) in [5.41, 5.74) is 5.46. The van der Waals surface area contributed by atoms with Crippen molar-refractivity contribution < 1.29 is 14.3 Å². The highest BCUT2D eigenvalue weighted by Gasteiger charge is 2.22. The Morgan fingerprint density at radius 2 is 2.00 bits per heavy atom. The van der Waals surface area contributed by atoms with E-state index in [1.165, 1.54) is 23.1 Å². The summed E-state index contributed by atoms with van der Waals surface area (Å²) < 4.78 is 10.6. The minimum absolute atomic E-state index is 0.0391. The van der Waals surface area contributed by atoms with Gasteiger partial charge in [-0.2, -0.15) is 0 Å². The van der Waals surface area contributed by atoms with Crippen molar-refractivity contribution in [3.8, 4) is 11.5 Å². The lowest BCUT2D eigenvalue weighted by atomic mass is 9.87. The molecule has 0 unspecified atom stereocenters. The third-order valence-corrected chi connectivity index (χ3v) is 5.86. The Labute approximate surface area is 171 Å². The quantitative estimate of drug-likeness (QED) is 0.658. The fourth-order valence-corrected chi connectivity index (χ4v) is 4.26. The van der Waals surface area contributed by atoms with Crippen molar-refractivity contribution in [3.05, 3.63) is 58.8 Å². The first-order valence-electron chi connectivity index (χ1n) is 10.2.